The van der Waals surface area contributed by atoms with Crippen LogP contribution < -0.4 is 0 Å². The Kier molecular flexibility index (Phi) is 2.93. The Bertz CT molecular complexity index is 204. The summed E-state index contributed by atoms with van der Waals surface area (Å²) in [4.78, 5) is 11.3. The summed E-state index contributed by atoms with van der Waals surface area (Å²) < 4.78 is 15.3. The van der Waals surface area contributed by atoms with Gasteiger partial charge >= 0.3 is 5.97 Å². The van der Waals surface area contributed by atoms with Crippen molar-refractivity contribution in [3.05, 3.63) is 0 Å². The van der Waals surface area contributed by atoms with Gasteiger partial charge in [0, 0.05) is 13.5 Å². The largest absolute Gasteiger partial charge is 0.469 e. The standard InChI is InChI=1S/C9H16O4/c1-6-7(8(10)11-3)5-9(2,12-4)13-6/h6-7H,5H2,1-4H3/t6-,7-,9+/m0/s1. The minimum atomic E-state index is -0.641. The molecule has 13 heavy (non-hydrogen) atoms. The molecule has 0 amide bonds. The Labute approximate surface area is 78.2 Å². The molecular formula is C9H16O4. The van der Waals surface area contributed by atoms with Crippen LogP contribution in [-0.2, 0) is 19.0 Å². The molecule has 4 nitrogen and oxygen atoms in total. The maximum Gasteiger partial charge on any atom is 0.311 e. The molecule has 0 aliphatic carbocycles. The van der Waals surface area contributed by atoms with Crippen LogP contribution in [0.5, 0.6) is 0 Å². The van der Waals surface area contributed by atoms with Crippen LogP contribution in [-0.4, -0.2) is 32.1 Å². The fourth-order valence-electron chi connectivity index (χ4n) is 1.65. The van der Waals surface area contributed by atoms with Crippen molar-refractivity contribution >= 4 is 5.97 Å². The number of carbonyl (C=O) groups is 1. The van der Waals surface area contributed by atoms with Gasteiger partial charge in [-0.05, 0) is 13.8 Å². The van der Waals surface area contributed by atoms with Crippen LogP contribution in [0.15, 0.2) is 0 Å². The topological polar surface area (TPSA) is 44.8 Å². The summed E-state index contributed by atoms with van der Waals surface area (Å²) in [7, 11) is 2.96. The fraction of sp³-hybridized carbons (Fsp3) is 0.889. The molecule has 4 heteroatoms. The van der Waals surface area contributed by atoms with Crippen LogP contribution in [0.3, 0.4) is 0 Å². The molecule has 0 unspecified atom stereocenters. The van der Waals surface area contributed by atoms with Crippen LogP contribution in [0.2, 0.25) is 0 Å². The van der Waals surface area contributed by atoms with Crippen molar-refractivity contribution in [2.75, 3.05) is 14.2 Å². The highest BCUT2D eigenvalue weighted by Gasteiger charge is 2.45. The molecule has 0 N–H and O–H groups in total. The Balaban J connectivity index is 2.66. The predicted octanol–water partition coefficient (Wildman–Crippen LogP) is 0.947. The van der Waals surface area contributed by atoms with Crippen LogP contribution in [0.25, 0.3) is 0 Å². The van der Waals surface area contributed by atoms with Crippen LogP contribution in [0.1, 0.15) is 20.3 Å². The van der Waals surface area contributed by atoms with Gasteiger partial charge in [-0.3, -0.25) is 4.79 Å². The van der Waals surface area contributed by atoms with Gasteiger partial charge in [-0.2, -0.15) is 0 Å². The minimum absolute atomic E-state index is 0.141. The van der Waals surface area contributed by atoms with Crippen molar-refractivity contribution in [2.45, 2.75) is 32.2 Å². The van der Waals surface area contributed by atoms with Gasteiger partial charge in [-0.1, -0.05) is 0 Å². The Morgan fingerprint density at radius 1 is 1.54 bits per heavy atom. The van der Waals surface area contributed by atoms with Crippen LogP contribution >= 0.6 is 0 Å². The van der Waals surface area contributed by atoms with Gasteiger partial charge in [-0.25, -0.2) is 0 Å². The van der Waals surface area contributed by atoms with E-state index in [-0.39, 0.29) is 18.0 Å². The average Bonchev–Trinajstić information content (AvgIpc) is 2.42. The number of hydrogen-bond acceptors (Lipinski definition) is 4. The van der Waals surface area contributed by atoms with E-state index < -0.39 is 5.79 Å². The first-order valence-corrected chi connectivity index (χ1v) is 4.33. The third-order valence-corrected chi connectivity index (χ3v) is 2.53. The molecule has 0 spiro atoms. The lowest BCUT2D eigenvalue weighted by atomic mass is 10.00. The van der Waals surface area contributed by atoms with Crippen molar-refractivity contribution in [1.82, 2.24) is 0 Å². The summed E-state index contributed by atoms with van der Waals surface area (Å²) in [6.45, 7) is 3.68. The Morgan fingerprint density at radius 3 is 2.54 bits per heavy atom. The van der Waals surface area contributed by atoms with Crippen LogP contribution in [0, 0.1) is 5.92 Å². The zero-order valence-corrected chi connectivity index (χ0v) is 8.49. The highest BCUT2D eigenvalue weighted by atomic mass is 16.7. The van der Waals surface area contributed by atoms with Crippen molar-refractivity contribution in [2.24, 2.45) is 5.92 Å². The SMILES string of the molecule is COC(=O)[C@H]1C[C@](C)(OC)O[C@H]1C. The summed E-state index contributed by atoms with van der Waals surface area (Å²) in [6.07, 6.45) is 0.412. The first-order valence-electron chi connectivity index (χ1n) is 4.33. The maximum absolute atomic E-state index is 11.3. The smallest absolute Gasteiger partial charge is 0.311 e. The molecule has 0 saturated carbocycles. The van der Waals surface area contributed by atoms with E-state index in [0.29, 0.717) is 6.42 Å². The van der Waals surface area contributed by atoms with E-state index in [4.69, 9.17) is 9.47 Å². The Morgan fingerprint density at radius 2 is 2.15 bits per heavy atom. The number of methoxy groups -OCH3 is 2. The molecule has 0 aromatic heterocycles. The third kappa shape index (κ3) is 2.00. The molecular weight excluding hydrogens is 172 g/mol. The molecule has 1 heterocycles. The van der Waals surface area contributed by atoms with Gasteiger partial charge < -0.3 is 14.2 Å². The predicted molar refractivity (Wildman–Crippen MR) is 46.1 cm³/mol. The summed E-state index contributed by atoms with van der Waals surface area (Å²) in [6, 6.07) is 0. The highest BCUT2D eigenvalue weighted by molar-refractivity contribution is 5.73. The van der Waals surface area contributed by atoms with E-state index in [2.05, 4.69) is 4.74 Å². The zero-order chi connectivity index (χ0) is 10.1. The molecule has 0 bridgehead atoms. The number of rotatable bonds is 2. The summed E-state index contributed by atoms with van der Waals surface area (Å²) in [5.41, 5.74) is 0. The molecule has 76 valence electrons. The lowest BCUT2D eigenvalue weighted by molar-refractivity contribution is -0.196. The normalized spacial score (nSPS) is 39.1. The lowest BCUT2D eigenvalue weighted by Crippen LogP contribution is -2.26. The van der Waals surface area contributed by atoms with E-state index in [9.17, 15) is 4.79 Å². The molecule has 1 aliphatic rings. The van der Waals surface area contributed by atoms with Crippen molar-refractivity contribution < 1.29 is 19.0 Å². The van der Waals surface area contributed by atoms with Crippen molar-refractivity contribution in [1.29, 1.82) is 0 Å². The molecule has 1 rings (SSSR count). The van der Waals surface area contributed by atoms with E-state index >= 15 is 0 Å². The molecule has 1 saturated heterocycles. The van der Waals surface area contributed by atoms with E-state index in [1.54, 1.807) is 7.11 Å². The molecule has 1 fully saturated rings. The second-order valence-corrected chi connectivity index (χ2v) is 3.49. The fourth-order valence-corrected chi connectivity index (χ4v) is 1.65. The van der Waals surface area contributed by atoms with Gasteiger partial charge in [0.2, 0.25) is 0 Å². The van der Waals surface area contributed by atoms with Gasteiger partial charge in [-0.15, -0.1) is 0 Å². The lowest BCUT2D eigenvalue weighted by Gasteiger charge is -2.21. The molecule has 3 atom stereocenters. The van der Waals surface area contributed by atoms with E-state index in [1.165, 1.54) is 7.11 Å². The third-order valence-electron chi connectivity index (χ3n) is 2.53. The number of esters is 1. The summed E-state index contributed by atoms with van der Waals surface area (Å²) in [5.74, 6) is -1.08. The average molecular weight is 188 g/mol. The second kappa shape index (κ2) is 3.64. The molecule has 0 radical (unpaired) electrons. The molecule has 0 aromatic rings. The monoisotopic (exact) mass is 188 g/mol. The van der Waals surface area contributed by atoms with Gasteiger partial charge in [0.05, 0.1) is 19.1 Å². The highest BCUT2D eigenvalue weighted by Crippen LogP contribution is 2.35. The van der Waals surface area contributed by atoms with Crippen molar-refractivity contribution in [3.63, 3.8) is 0 Å². The number of carbonyl (C=O) groups excluding carboxylic acids is 1. The number of hydrogen-bond donors (Lipinski definition) is 0. The first kappa shape index (κ1) is 10.5. The molecule has 0 aromatic carbocycles. The van der Waals surface area contributed by atoms with Crippen molar-refractivity contribution in [3.8, 4) is 0 Å². The number of ether oxygens (including phenoxy) is 3. The maximum atomic E-state index is 11.3. The quantitative estimate of drug-likeness (QED) is 0.605. The van der Waals surface area contributed by atoms with E-state index in [0.717, 1.165) is 0 Å². The van der Waals surface area contributed by atoms with E-state index in [1.807, 2.05) is 13.8 Å². The zero-order valence-electron chi connectivity index (χ0n) is 8.49. The van der Waals surface area contributed by atoms with Gasteiger partial charge in [0.15, 0.2) is 5.79 Å². The first-order chi connectivity index (χ1) is 6.02. The summed E-state index contributed by atoms with van der Waals surface area (Å²) >= 11 is 0. The van der Waals surface area contributed by atoms with Crippen LogP contribution in [0.4, 0.5) is 0 Å². The summed E-state index contributed by atoms with van der Waals surface area (Å²) in [5, 5.41) is 0. The Hall–Kier alpha value is -0.610. The second-order valence-electron chi connectivity index (χ2n) is 3.49. The van der Waals surface area contributed by atoms with Gasteiger partial charge in [0.1, 0.15) is 0 Å². The van der Waals surface area contributed by atoms with Gasteiger partial charge in [0.25, 0.3) is 0 Å². The minimum Gasteiger partial charge on any atom is -0.469 e. The molecule has 1 aliphatic heterocycles.